The van der Waals surface area contributed by atoms with Crippen LogP contribution < -0.4 is 10.6 Å². The molecule has 1 aromatic heterocycles. The predicted molar refractivity (Wildman–Crippen MR) is 60.9 cm³/mol. The lowest BCUT2D eigenvalue weighted by atomic mass is 10.1. The van der Waals surface area contributed by atoms with E-state index in [-0.39, 0.29) is 11.6 Å². The van der Waals surface area contributed by atoms with Gasteiger partial charge >= 0.3 is 6.03 Å². The second kappa shape index (κ2) is 4.29. The molecule has 0 atom stereocenters. The highest BCUT2D eigenvalue weighted by Gasteiger charge is 2.13. The van der Waals surface area contributed by atoms with Gasteiger partial charge in [-0.15, -0.1) is 0 Å². The zero-order chi connectivity index (χ0) is 11.5. The first-order chi connectivity index (χ1) is 6.87. The fourth-order valence-electron chi connectivity index (χ4n) is 1.04. The molecule has 2 N–H and O–H groups in total. The number of aryl methyl sites for hydroxylation is 1. The van der Waals surface area contributed by atoms with Crippen LogP contribution in [0, 0.1) is 6.92 Å². The summed E-state index contributed by atoms with van der Waals surface area (Å²) in [6.45, 7) is 7.69. The molecule has 1 rings (SSSR count). The summed E-state index contributed by atoms with van der Waals surface area (Å²) in [7, 11) is 0. The lowest BCUT2D eigenvalue weighted by molar-refractivity contribution is 0.244. The fourth-order valence-corrected chi connectivity index (χ4v) is 1.04. The highest BCUT2D eigenvalue weighted by molar-refractivity contribution is 5.89. The van der Waals surface area contributed by atoms with Crippen molar-refractivity contribution < 1.29 is 4.79 Å². The summed E-state index contributed by atoms with van der Waals surface area (Å²) < 4.78 is 0. The number of nitrogens with one attached hydrogen (secondary N) is 2. The molecule has 1 heterocycles. The van der Waals surface area contributed by atoms with Crippen molar-refractivity contribution in [2.45, 2.75) is 33.2 Å². The van der Waals surface area contributed by atoms with E-state index in [1.54, 1.807) is 6.20 Å². The average Bonchev–Trinajstić information content (AvgIpc) is 2.05. The minimum Gasteiger partial charge on any atom is -0.333 e. The lowest BCUT2D eigenvalue weighted by Crippen LogP contribution is -2.43. The number of anilines is 1. The zero-order valence-corrected chi connectivity index (χ0v) is 9.59. The summed E-state index contributed by atoms with van der Waals surface area (Å²) in [6, 6.07) is 3.46. The van der Waals surface area contributed by atoms with Crippen molar-refractivity contribution in [3.8, 4) is 0 Å². The molecule has 4 heteroatoms. The van der Waals surface area contributed by atoms with Crippen LogP contribution in [0.4, 0.5) is 10.5 Å². The van der Waals surface area contributed by atoms with Gasteiger partial charge in [-0.3, -0.25) is 4.98 Å². The molecule has 0 unspecified atom stereocenters. The molecule has 2 amide bonds. The van der Waals surface area contributed by atoms with Crippen molar-refractivity contribution in [2.24, 2.45) is 0 Å². The molecule has 0 aliphatic carbocycles. The number of carbonyl (C=O) groups excluding carboxylic acids is 1. The van der Waals surface area contributed by atoms with E-state index in [2.05, 4.69) is 15.6 Å². The van der Waals surface area contributed by atoms with Gasteiger partial charge in [0.05, 0.1) is 11.9 Å². The van der Waals surface area contributed by atoms with Gasteiger partial charge in [0, 0.05) is 11.2 Å². The van der Waals surface area contributed by atoms with Crippen molar-refractivity contribution in [1.29, 1.82) is 0 Å². The quantitative estimate of drug-likeness (QED) is 0.742. The Morgan fingerprint density at radius 1 is 1.33 bits per heavy atom. The Bertz CT molecular complexity index is 338. The Hall–Kier alpha value is -1.58. The van der Waals surface area contributed by atoms with Crippen molar-refractivity contribution >= 4 is 11.7 Å². The van der Waals surface area contributed by atoms with Crippen LogP contribution in [0.25, 0.3) is 0 Å². The topological polar surface area (TPSA) is 54.0 Å². The number of amides is 2. The van der Waals surface area contributed by atoms with Crippen molar-refractivity contribution in [2.75, 3.05) is 5.32 Å². The maximum atomic E-state index is 11.5. The molecule has 0 aliphatic heterocycles. The minimum atomic E-state index is -0.234. The Labute approximate surface area is 90.1 Å². The molecule has 0 aromatic carbocycles. The number of hydrogen-bond acceptors (Lipinski definition) is 2. The van der Waals surface area contributed by atoms with Crippen LogP contribution in [-0.4, -0.2) is 16.6 Å². The SMILES string of the molecule is Cc1ccc(NC(=O)NC(C)(C)C)cn1. The standard InChI is InChI=1S/C11H17N3O/c1-8-5-6-9(7-12-8)13-10(15)14-11(2,3)4/h5-7H,1-4H3,(H2,13,14,15). The second-order valence-corrected chi connectivity index (χ2v) is 4.52. The normalized spacial score (nSPS) is 10.9. The summed E-state index contributed by atoms with van der Waals surface area (Å²) in [6.07, 6.45) is 1.64. The first kappa shape index (κ1) is 11.5. The van der Waals surface area contributed by atoms with Crippen LogP contribution in [0.15, 0.2) is 18.3 Å². The lowest BCUT2D eigenvalue weighted by Gasteiger charge is -2.20. The van der Waals surface area contributed by atoms with Crippen LogP contribution in [0.2, 0.25) is 0 Å². The third kappa shape index (κ3) is 4.44. The maximum absolute atomic E-state index is 11.5. The molecule has 1 aromatic rings. The van der Waals surface area contributed by atoms with Gasteiger partial charge in [-0.2, -0.15) is 0 Å². The summed E-state index contributed by atoms with van der Waals surface area (Å²) in [5.41, 5.74) is 1.39. The molecule has 0 fully saturated rings. The zero-order valence-electron chi connectivity index (χ0n) is 9.59. The Balaban J connectivity index is 2.55. The van der Waals surface area contributed by atoms with Crippen LogP contribution in [0.1, 0.15) is 26.5 Å². The van der Waals surface area contributed by atoms with Crippen molar-refractivity contribution in [1.82, 2.24) is 10.3 Å². The molecule has 0 bridgehead atoms. The summed E-state index contributed by atoms with van der Waals surface area (Å²) in [5, 5.41) is 5.52. The fraction of sp³-hybridized carbons (Fsp3) is 0.455. The third-order valence-electron chi connectivity index (χ3n) is 1.66. The van der Waals surface area contributed by atoms with E-state index in [9.17, 15) is 4.79 Å². The average molecular weight is 207 g/mol. The number of urea groups is 1. The molecular weight excluding hydrogens is 190 g/mol. The Kier molecular flexibility index (Phi) is 3.29. The largest absolute Gasteiger partial charge is 0.333 e. The highest BCUT2D eigenvalue weighted by atomic mass is 16.2. The Morgan fingerprint density at radius 3 is 2.47 bits per heavy atom. The van der Waals surface area contributed by atoms with E-state index >= 15 is 0 Å². The molecule has 0 saturated carbocycles. The van der Waals surface area contributed by atoms with Gasteiger partial charge in [-0.1, -0.05) is 0 Å². The number of rotatable bonds is 1. The summed E-state index contributed by atoms with van der Waals surface area (Å²) in [5.74, 6) is 0. The smallest absolute Gasteiger partial charge is 0.319 e. The first-order valence-electron chi connectivity index (χ1n) is 4.89. The molecule has 4 nitrogen and oxygen atoms in total. The van der Waals surface area contributed by atoms with Gasteiger partial charge in [0.15, 0.2) is 0 Å². The van der Waals surface area contributed by atoms with Gasteiger partial charge in [0.2, 0.25) is 0 Å². The van der Waals surface area contributed by atoms with E-state index in [1.165, 1.54) is 0 Å². The van der Waals surface area contributed by atoms with E-state index in [4.69, 9.17) is 0 Å². The number of hydrogen-bond donors (Lipinski definition) is 2. The van der Waals surface area contributed by atoms with E-state index in [0.717, 1.165) is 5.69 Å². The van der Waals surface area contributed by atoms with E-state index in [0.29, 0.717) is 5.69 Å². The summed E-state index contributed by atoms with van der Waals surface area (Å²) >= 11 is 0. The van der Waals surface area contributed by atoms with Crippen LogP contribution in [-0.2, 0) is 0 Å². The van der Waals surface area contributed by atoms with E-state index in [1.807, 2.05) is 39.8 Å². The molecule has 82 valence electrons. The first-order valence-corrected chi connectivity index (χ1v) is 4.89. The molecular formula is C11H17N3O. The van der Waals surface area contributed by atoms with Crippen molar-refractivity contribution in [3.05, 3.63) is 24.0 Å². The highest BCUT2D eigenvalue weighted by Crippen LogP contribution is 2.06. The summed E-state index contributed by atoms with van der Waals surface area (Å²) in [4.78, 5) is 15.5. The molecule has 15 heavy (non-hydrogen) atoms. The number of aromatic nitrogens is 1. The number of pyridine rings is 1. The number of nitrogens with zero attached hydrogens (tertiary/aromatic N) is 1. The minimum absolute atomic E-state index is 0.215. The number of carbonyl (C=O) groups is 1. The van der Waals surface area contributed by atoms with Gasteiger partial charge < -0.3 is 10.6 Å². The maximum Gasteiger partial charge on any atom is 0.319 e. The second-order valence-electron chi connectivity index (χ2n) is 4.52. The Morgan fingerprint density at radius 2 is 2.00 bits per heavy atom. The molecule has 0 spiro atoms. The molecule has 0 aliphatic rings. The third-order valence-corrected chi connectivity index (χ3v) is 1.66. The van der Waals surface area contributed by atoms with Gasteiger partial charge in [-0.25, -0.2) is 4.79 Å². The monoisotopic (exact) mass is 207 g/mol. The van der Waals surface area contributed by atoms with Gasteiger partial charge in [0.25, 0.3) is 0 Å². The van der Waals surface area contributed by atoms with Gasteiger partial charge in [-0.05, 0) is 39.8 Å². The van der Waals surface area contributed by atoms with Gasteiger partial charge in [0.1, 0.15) is 0 Å². The van der Waals surface area contributed by atoms with E-state index < -0.39 is 0 Å². The van der Waals surface area contributed by atoms with Crippen LogP contribution >= 0.6 is 0 Å². The molecule has 0 radical (unpaired) electrons. The van der Waals surface area contributed by atoms with Crippen LogP contribution in [0.3, 0.4) is 0 Å². The molecule has 0 saturated heterocycles. The van der Waals surface area contributed by atoms with Crippen molar-refractivity contribution in [3.63, 3.8) is 0 Å². The predicted octanol–water partition coefficient (Wildman–Crippen LogP) is 2.31. The van der Waals surface area contributed by atoms with Crippen LogP contribution in [0.5, 0.6) is 0 Å².